The quantitative estimate of drug-likeness (QED) is 0.611. The van der Waals surface area contributed by atoms with Crippen molar-refractivity contribution in [3.8, 4) is 11.5 Å². The summed E-state index contributed by atoms with van der Waals surface area (Å²) in [5.41, 5.74) is 0.319. The van der Waals surface area contributed by atoms with Gasteiger partial charge in [-0.25, -0.2) is 0 Å². The molecule has 0 amide bonds. The third-order valence-electron chi connectivity index (χ3n) is 5.30. The Morgan fingerprint density at radius 3 is 2.58 bits per heavy atom. The van der Waals surface area contributed by atoms with Crippen molar-refractivity contribution in [2.75, 3.05) is 20.0 Å². The van der Waals surface area contributed by atoms with Gasteiger partial charge < -0.3 is 18.9 Å². The number of benzene rings is 1. The third kappa shape index (κ3) is 2.43. The molecular weight excluding hydrogens is 314 g/mol. The van der Waals surface area contributed by atoms with Crippen LogP contribution in [0.4, 0.5) is 0 Å². The Kier molecular flexibility index (Phi) is 3.47. The van der Waals surface area contributed by atoms with Gasteiger partial charge in [0, 0.05) is 23.2 Å². The van der Waals surface area contributed by atoms with E-state index in [4.69, 9.17) is 18.9 Å². The van der Waals surface area contributed by atoms with E-state index in [1.54, 1.807) is 0 Å². The van der Waals surface area contributed by atoms with Crippen molar-refractivity contribution in [2.45, 2.75) is 44.4 Å². The molecule has 1 saturated heterocycles. The Morgan fingerprint density at radius 2 is 1.88 bits per heavy atom. The zero-order valence-electron chi connectivity index (χ0n) is 13.8. The molecule has 1 spiro atoms. The van der Waals surface area contributed by atoms with E-state index in [2.05, 4.69) is 0 Å². The minimum Gasteiger partial charge on any atom is -0.454 e. The fourth-order valence-corrected chi connectivity index (χ4v) is 4.46. The number of nitro groups is 1. The highest BCUT2D eigenvalue weighted by Gasteiger charge is 2.58. The Morgan fingerprint density at radius 1 is 1.17 bits per heavy atom. The van der Waals surface area contributed by atoms with Crippen LogP contribution in [0.15, 0.2) is 18.2 Å². The van der Waals surface area contributed by atoms with Crippen molar-refractivity contribution in [3.05, 3.63) is 33.9 Å². The molecule has 7 nitrogen and oxygen atoms in total. The van der Waals surface area contributed by atoms with Crippen molar-refractivity contribution in [3.63, 3.8) is 0 Å². The van der Waals surface area contributed by atoms with E-state index in [0.717, 1.165) is 5.56 Å². The van der Waals surface area contributed by atoms with Gasteiger partial charge >= 0.3 is 0 Å². The first-order valence-corrected chi connectivity index (χ1v) is 8.21. The van der Waals surface area contributed by atoms with E-state index in [0.29, 0.717) is 37.6 Å². The summed E-state index contributed by atoms with van der Waals surface area (Å²) in [6.07, 6.45) is 0.994. The summed E-state index contributed by atoms with van der Waals surface area (Å²) in [6, 6.07) is 4.85. The second-order valence-corrected chi connectivity index (χ2v) is 7.43. The Hall–Kier alpha value is -1.86. The van der Waals surface area contributed by atoms with Gasteiger partial charge in [-0.05, 0) is 17.7 Å². The first kappa shape index (κ1) is 15.7. The Balaban J connectivity index is 1.75. The lowest BCUT2D eigenvalue weighted by Gasteiger charge is -2.46. The number of fused-ring (bicyclic) bond motifs is 1. The van der Waals surface area contributed by atoms with E-state index >= 15 is 0 Å². The van der Waals surface area contributed by atoms with Gasteiger partial charge in [0.05, 0.1) is 19.1 Å². The summed E-state index contributed by atoms with van der Waals surface area (Å²) in [5.74, 6) is 0.281. The standard InChI is InChI=1S/C17H21NO6/c1-16(2)9-17(23-5-6-24-17)8-12(15(16)18(19)20)11-3-4-13-14(7-11)22-10-21-13/h3-4,7,12,15H,5-6,8-10H2,1-2H3/t12-,15-/m0/s1. The molecule has 0 bridgehead atoms. The molecule has 24 heavy (non-hydrogen) atoms. The van der Waals surface area contributed by atoms with Crippen LogP contribution in [0.5, 0.6) is 11.5 Å². The minimum atomic E-state index is -0.725. The first-order valence-electron chi connectivity index (χ1n) is 8.21. The van der Waals surface area contributed by atoms with Gasteiger partial charge in [0.1, 0.15) is 0 Å². The number of hydrogen-bond acceptors (Lipinski definition) is 6. The van der Waals surface area contributed by atoms with E-state index in [1.165, 1.54) is 0 Å². The molecule has 2 fully saturated rings. The number of nitrogens with zero attached hydrogens (tertiary/aromatic N) is 1. The van der Waals surface area contributed by atoms with Crippen molar-refractivity contribution < 1.29 is 23.9 Å². The van der Waals surface area contributed by atoms with Crippen molar-refractivity contribution >= 4 is 0 Å². The van der Waals surface area contributed by atoms with Crippen molar-refractivity contribution in [1.29, 1.82) is 0 Å². The molecule has 0 unspecified atom stereocenters. The van der Waals surface area contributed by atoms with Gasteiger partial charge in [0.2, 0.25) is 12.8 Å². The highest BCUT2D eigenvalue weighted by molar-refractivity contribution is 5.46. The maximum absolute atomic E-state index is 11.9. The second kappa shape index (κ2) is 5.32. The normalized spacial score (nSPS) is 29.8. The van der Waals surface area contributed by atoms with Crippen LogP contribution in [0.1, 0.15) is 38.2 Å². The second-order valence-electron chi connectivity index (χ2n) is 7.43. The van der Waals surface area contributed by atoms with E-state index in [9.17, 15) is 10.1 Å². The van der Waals surface area contributed by atoms with E-state index in [-0.39, 0.29) is 17.6 Å². The smallest absolute Gasteiger partial charge is 0.231 e. The predicted octanol–water partition coefficient (Wildman–Crippen LogP) is 2.71. The van der Waals surface area contributed by atoms with Gasteiger partial charge in [0.25, 0.3) is 0 Å². The molecule has 0 N–H and O–H groups in total. The van der Waals surface area contributed by atoms with E-state index < -0.39 is 17.2 Å². The fourth-order valence-electron chi connectivity index (χ4n) is 4.46. The highest BCUT2D eigenvalue weighted by Crippen LogP contribution is 2.53. The zero-order chi connectivity index (χ0) is 16.9. The summed E-state index contributed by atoms with van der Waals surface area (Å²) < 4.78 is 22.6. The fraction of sp³-hybridized carbons (Fsp3) is 0.647. The lowest BCUT2D eigenvalue weighted by Crippen LogP contribution is -2.53. The van der Waals surface area contributed by atoms with Crippen LogP contribution in [0, 0.1) is 15.5 Å². The third-order valence-corrected chi connectivity index (χ3v) is 5.30. The molecule has 2 heterocycles. The topological polar surface area (TPSA) is 80.1 Å². The van der Waals surface area contributed by atoms with Crippen LogP contribution < -0.4 is 9.47 Å². The Bertz CT molecular complexity index is 667. The average Bonchev–Trinajstić information content (AvgIpc) is 3.13. The van der Waals surface area contributed by atoms with Crippen LogP contribution in [-0.4, -0.2) is 36.8 Å². The largest absolute Gasteiger partial charge is 0.454 e. The highest BCUT2D eigenvalue weighted by atomic mass is 16.7. The van der Waals surface area contributed by atoms with Crippen molar-refractivity contribution in [2.24, 2.45) is 5.41 Å². The van der Waals surface area contributed by atoms with Crippen LogP contribution in [-0.2, 0) is 9.47 Å². The van der Waals surface area contributed by atoms with Gasteiger partial charge in [-0.3, -0.25) is 10.1 Å². The van der Waals surface area contributed by atoms with Gasteiger partial charge in [-0.2, -0.15) is 0 Å². The maximum atomic E-state index is 11.9. The molecule has 1 aromatic rings. The summed E-state index contributed by atoms with van der Waals surface area (Å²) >= 11 is 0. The molecule has 0 radical (unpaired) electrons. The zero-order valence-corrected chi connectivity index (χ0v) is 13.8. The van der Waals surface area contributed by atoms with Gasteiger partial charge in [-0.15, -0.1) is 0 Å². The molecule has 2 atom stereocenters. The van der Waals surface area contributed by atoms with Gasteiger partial charge in [0.15, 0.2) is 17.3 Å². The molecule has 130 valence electrons. The molecule has 7 heteroatoms. The molecule has 4 rings (SSSR count). The Labute approximate surface area is 140 Å². The summed E-state index contributed by atoms with van der Waals surface area (Å²) in [6.45, 7) is 5.10. The first-order chi connectivity index (χ1) is 11.4. The summed E-state index contributed by atoms with van der Waals surface area (Å²) in [4.78, 5) is 11.7. The summed E-state index contributed by atoms with van der Waals surface area (Å²) in [5, 5.41) is 11.9. The van der Waals surface area contributed by atoms with Crippen LogP contribution >= 0.6 is 0 Å². The maximum Gasteiger partial charge on any atom is 0.231 e. The number of rotatable bonds is 2. The van der Waals surface area contributed by atoms with Crippen LogP contribution in [0.2, 0.25) is 0 Å². The van der Waals surface area contributed by atoms with Gasteiger partial charge in [-0.1, -0.05) is 19.9 Å². The molecule has 1 saturated carbocycles. The SMILES string of the molecule is CC1(C)CC2(C[C@@H](c3ccc4c(c3)OCO4)[C@@H]1[N+](=O)[O-])OCCO2. The molecule has 2 aliphatic heterocycles. The minimum absolute atomic E-state index is 0.156. The lowest BCUT2D eigenvalue weighted by molar-refractivity contribution is -0.553. The molecule has 1 aliphatic carbocycles. The molecule has 1 aromatic carbocycles. The van der Waals surface area contributed by atoms with Crippen LogP contribution in [0.25, 0.3) is 0 Å². The average molecular weight is 335 g/mol. The molecular formula is C17H21NO6. The monoisotopic (exact) mass is 335 g/mol. The number of hydrogen-bond donors (Lipinski definition) is 0. The summed E-state index contributed by atoms with van der Waals surface area (Å²) in [7, 11) is 0. The molecule has 3 aliphatic rings. The predicted molar refractivity (Wildman–Crippen MR) is 83.7 cm³/mol. The number of ether oxygens (including phenoxy) is 4. The van der Waals surface area contributed by atoms with Crippen LogP contribution in [0.3, 0.4) is 0 Å². The van der Waals surface area contributed by atoms with Crippen molar-refractivity contribution in [1.82, 2.24) is 0 Å². The molecule has 0 aromatic heterocycles. The lowest BCUT2D eigenvalue weighted by atomic mass is 9.64. The van der Waals surface area contributed by atoms with E-state index in [1.807, 2.05) is 32.0 Å².